The number of nitrogens with zero attached hydrogens (tertiary/aromatic N) is 7. The normalized spacial score (nSPS) is 19.0. The summed E-state index contributed by atoms with van der Waals surface area (Å²) in [5.74, 6) is -0.0234. The zero-order valence-corrected chi connectivity index (χ0v) is 44.7. The van der Waals surface area contributed by atoms with E-state index in [1.807, 2.05) is 0 Å². The number of hydrogen-bond donors (Lipinski definition) is 5. The molecule has 2 aromatic heterocycles. The number of anilines is 4. The lowest BCUT2D eigenvalue weighted by atomic mass is 9.85. The minimum atomic E-state index is -4.87. The van der Waals surface area contributed by atoms with Gasteiger partial charge in [0.15, 0.2) is 0 Å². The van der Waals surface area contributed by atoms with E-state index in [1.165, 1.54) is 63.0 Å². The van der Waals surface area contributed by atoms with Gasteiger partial charge in [-0.05, 0) is 138 Å². The number of unbranched alkanes of at least 4 members (excludes halogenated alkanes) is 1. The summed E-state index contributed by atoms with van der Waals surface area (Å²) in [6.45, 7) is 3.10. The van der Waals surface area contributed by atoms with Crippen molar-refractivity contribution in [1.82, 2.24) is 24.8 Å². The van der Waals surface area contributed by atoms with Gasteiger partial charge in [0.1, 0.15) is 23.9 Å². The summed E-state index contributed by atoms with van der Waals surface area (Å²) in [5.41, 5.74) is 5.58. The van der Waals surface area contributed by atoms with Crippen molar-refractivity contribution in [2.45, 2.75) is 115 Å². The Kier molecular flexibility index (Phi) is 24.0. The van der Waals surface area contributed by atoms with Crippen LogP contribution in [0.1, 0.15) is 88.2 Å². The molecule has 0 unspecified atom stereocenters. The average molecular weight is 1220 g/mol. The van der Waals surface area contributed by atoms with Gasteiger partial charge in [-0.2, -0.15) is 9.97 Å². The lowest BCUT2D eigenvalue weighted by Gasteiger charge is -2.34. The molecular formula is C46H58Br2Cl2F6N12O6. The summed E-state index contributed by atoms with van der Waals surface area (Å²) in [7, 11) is 0. The monoisotopic (exact) mass is 1220 g/mol. The van der Waals surface area contributed by atoms with Gasteiger partial charge in [-0.3, -0.25) is 20.2 Å². The van der Waals surface area contributed by atoms with Gasteiger partial charge in [0.05, 0.1) is 9.85 Å². The van der Waals surface area contributed by atoms with Crippen molar-refractivity contribution in [3.05, 3.63) is 90.2 Å². The van der Waals surface area contributed by atoms with Gasteiger partial charge < -0.3 is 41.4 Å². The van der Waals surface area contributed by atoms with Crippen LogP contribution < -0.4 is 36.5 Å². The van der Waals surface area contributed by atoms with Crippen LogP contribution in [0.25, 0.3) is 0 Å². The van der Waals surface area contributed by atoms with Crippen molar-refractivity contribution in [1.29, 1.82) is 0 Å². The Labute approximate surface area is 450 Å². The topological polar surface area (TPSA) is 234 Å². The van der Waals surface area contributed by atoms with Crippen LogP contribution in [0, 0.1) is 32.1 Å². The maximum atomic E-state index is 12.7. The highest BCUT2D eigenvalue weighted by atomic mass is 79.9. The fourth-order valence-corrected chi connectivity index (χ4v) is 9.68. The van der Waals surface area contributed by atoms with Crippen LogP contribution in [-0.4, -0.2) is 96.3 Å². The minimum absolute atomic E-state index is 0.00157. The van der Waals surface area contributed by atoms with Gasteiger partial charge in [0, 0.05) is 70.1 Å². The van der Waals surface area contributed by atoms with Crippen LogP contribution in [0.15, 0.2) is 48.8 Å². The number of ether oxygens (including phenoxy) is 2. The maximum absolute atomic E-state index is 12.7. The van der Waals surface area contributed by atoms with E-state index in [0.29, 0.717) is 31.0 Å². The molecule has 3 heterocycles. The number of hydrogen-bond acceptors (Lipinski definition) is 16. The molecule has 4 aromatic rings. The van der Waals surface area contributed by atoms with Crippen molar-refractivity contribution in [3.8, 4) is 11.5 Å². The molecule has 6 N–H and O–H groups in total. The Morgan fingerprint density at radius 2 is 1.07 bits per heavy atom. The number of rotatable bonds is 20. The van der Waals surface area contributed by atoms with Crippen molar-refractivity contribution in [2.75, 3.05) is 58.1 Å². The second-order valence-corrected chi connectivity index (χ2v) is 20.2. The summed E-state index contributed by atoms with van der Waals surface area (Å²) in [6, 6.07) is 8.25. The summed E-state index contributed by atoms with van der Waals surface area (Å²) in [6.07, 6.45) is 5.41. The number of nitro groups is 2. The zero-order chi connectivity index (χ0) is 53.8. The number of alkyl halides is 8. The Balaban J connectivity index is 0.000000248. The molecule has 3 fully saturated rings. The molecule has 1 saturated heterocycles. The van der Waals surface area contributed by atoms with Crippen molar-refractivity contribution in [2.24, 2.45) is 17.6 Å². The second kappa shape index (κ2) is 29.5. The number of nitrogens with one attached hydrogen (secondary N) is 4. The van der Waals surface area contributed by atoms with E-state index in [4.69, 9.17) is 28.9 Å². The highest BCUT2D eigenvalue weighted by Gasteiger charge is 2.34. The average Bonchev–Trinajstić information content (AvgIpc) is 3.90. The molecule has 0 bridgehead atoms. The SMILES string of the molecule is BrCCCCBr.NC1CCC(CNc2nc(NCc3cc(Cl)ccc3OC(F)(F)F)ncc2[N+](=O)[O-])CC1.O=[N+]([O-])c1cnc(NCc2cc(Cl)ccc2OC(F)(F)F)nc1NCC1CCC(N2CCCC2)CC1. The Hall–Kier alpha value is -4.76. The molecule has 2 saturated carbocycles. The lowest BCUT2D eigenvalue weighted by Crippen LogP contribution is -2.37. The van der Waals surface area contributed by atoms with Gasteiger partial charge in [-0.15, -0.1) is 26.3 Å². The third kappa shape index (κ3) is 20.8. The molecule has 0 amide bonds. The number of nitrogens with two attached hydrogens (primary N) is 1. The van der Waals surface area contributed by atoms with E-state index in [-0.39, 0.29) is 75.2 Å². The van der Waals surface area contributed by atoms with Crippen molar-refractivity contribution in [3.63, 3.8) is 0 Å². The first-order valence-electron chi connectivity index (χ1n) is 23.9. The molecule has 0 spiro atoms. The smallest absolute Gasteiger partial charge is 0.405 e. The molecule has 3 aliphatic rings. The van der Waals surface area contributed by atoms with Gasteiger partial charge in [-0.25, -0.2) is 9.97 Å². The van der Waals surface area contributed by atoms with Crippen LogP contribution in [0.4, 0.5) is 61.2 Å². The molecular weight excluding hydrogens is 1160 g/mol. The van der Waals surface area contributed by atoms with Crippen LogP contribution in [-0.2, 0) is 13.1 Å². The third-order valence-corrected chi connectivity index (χ3v) is 13.9. The maximum Gasteiger partial charge on any atom is 0.573 e. The van der Waals surface area contributed by atoms with Gasteiger partial charge in [0.2, 0.25) is 23.5 Å². The molecule has 74 heavy (non-hydrogen) atoms. The van der Waals surface area contributed by atoms with E-state index in [9.17, 15) is 46.6 Å². The molecule has 7 rings (SSSR count). The molecule has 18 nitrogen and oxygen atoms in total. The van der Waals surface area contributed by atoms with E-state index < -0.39 is 34.1 Å². The quantitative estimate of drug-likeness (QED) is 0.0182. The highest BCUT2D eigenvalue weighted by molar-refractivity contribution is 9.09. The van der Waals surface area contributed by atoms with Gasteiger partial charge >= 0.3 is 24.1 Å². The Morgan fingerprint density at radius 1 is 0.662 bits per heavy atom. The standard InChI is InChI=1S/C23H28ClF3N6O3.C19H22ClF3N6O3.C4H8Br2/c24-17-5-8-20(36-23(25,26)27)16(11-17)13-29-22-30-14-19(33(34)35)21(31-22)28-12-15-3-6-18(7-4-15)32-9-1-2-10-32;20-13-3-6-16(32-19(21,22)23)12(7-13)9-26-18-27-10-15(29(30)31)17(28-18)25-8-11-1-4-14(24)5-2-11;5-3-1-2-4-6/h5,8,11,14-15,18H,1-4,6-7,9-10,12-13H2,(H2,28,29,30,31);3,6-7,10-11,14H,1-2,4-5,8-9,24H2,(H2,25,26,27,28);1-4H2. The number of likely N-dealkylation sites (tertiary alicyclic amines) is 1. The molecule has 0 atom stereocenters. The van der Waals surface area contributed by atoms with Crippen molar-refractivity contribution < 1.29 is 45.7 Å². The highest BCUT2D eigenvalue weighted by Crippen LogP contribution is 2.34. The molecule has 2 aliphatic carbocycles. The van der Waals surface area contributed by atoms with Crippen LogP contribution in [0.5, 0.6) is 11.5 Å². The number of halogens is 10. The summed E-state index contributed by atoms with van der Waals surface area (Å²) in [4.78, 5) is 40.4. The largest absolute Gasteiger partial charge is 0.573 e. The second-order valence-electron chi connectivity index (χ2n) is 17.7. The molecule has 1 aliphatic heterocycles. The van der Waals surface area contributed by atoms with E-state index >= 15 is 0 Å². The molecule has 28 heteroatoms. The Morgan fingerprint density at radius 3 is 1.45 bits per heavy atom. The first-order chi connectivity index (χ1) is 35.2. The van der Waals surface area contributed by atoms with Gasteiger partial charge in [-0.1, -0.05) is 55.1 Å². The minimum Gasteiger partial charge on any atom is -0.405 e. The van der Waals surface area contributed by atoms with Crippen LogP contribution in [0.2, 0.25) is 10.0 Å². The first-order valence-corrected chi connectivity index (χ1v) is 26.9. The van der Waals surface area contributed by atoms with E-state index in [1.54, 1.807) is 0 Å². The number of benzene rings is 2. The van der Waals surface area contributed by atoms with Crippen LogP contribution >= 0.6 is 55.1 Å². The molecule has 408 valence electrons. The summed E-state index contributed by atoms with van der Waals surface area (Å²) >= 11 is 18.5. The third-order valence-electron chi connectivity index (χ3n) is 12.3. The first kappa shape index (κ1) is 60.1. The van der Waals surface area contributed by atoms with Crippen molar-refractivity contribution >= 4 is 90.0 Å². The predicted octanol–water partition coefficient (Wildman–Crippen LogP) is 12.7. The summed E-state index contributed by atoms with van der Waals surface area (Å²) < 4.78 is 84.1. The number of aromatic nitrogens is 4. The fraction of sp³-hybridized carbons (Fsp3) is 0.565. The predicted molar refractivity (Wildman–Crippen MR) is 279 cm³/mol. The molecule has 2 aromatic carbocycles. The van der Waals surface area contributed by atoms with Crippen LogP contribution in [0.3, 0.4) is 0 Å². The summed E-state index contributed by atoms with van der Waals surface area (Å²) in [5, 5.41) is 37.2. The van der Waals surface area contributed by atoms with E-state index in [0.717, 1.165) is 86.6 Å². The van der Waals surface area contributed by atoms with E-state index in [2.05, 4.69) is 87.4 Å². The zero-order valence-electron chi connectivity index (χ0n) is 40.0. The fourth-order valence-electron chi connectivity index (χ4n) is 8.50. The molecule has 0 radical (unpaired) electrons. The van der Waals surface area contributed by atoms with Gasteiger partial charge in [0.25, 0.3) is 0 Å². The lowest BCUT2D eigenvalue weighted by molar-refractivity contribution is -0.384. The Bertz CT molecular complexity index is 2420.